The van der Waals surface area contributed by atoms with Gasteiger partial charge in [-0.15, -0.1) is 0 Å². The van der Waals surface area contributed by atoms with Crippen LogP contribution in [-0.4, -0.2) is 15.0 Å². The van der Waals surface area contributed by atoms with Gasteiger partial charge in [-0.25, -0.2) is 13.8 Å². The van der Waals surface area contributed by atoms with Crippen molar-refractivity contribution in [3.05, 3.63) is 51.5 Å². The lowest BCUT2D eigenvalue weighted by molar-refractivity contribution is -0.138. The molecule has 1 N–H and O–H groups in total. The summed E-state index contributed by atoms with van der Waals surface area (Å²) in [6.45, 7) is -0.991. The predicted octanol–water partition coefficient (Wildman–Crippen LogP) is 3.08. The summed E-state index contributed by atoms with van der Waals surface area (Å²) >= 11 is 0.661. The Labute approximate surface area is 124 Å². The minimum Gasteiger partial charge on any atom is -0.301 e. The molecule has 2 rings (SSSR count). The van der Waals surface area contributed by atoms with Crippen molar-refractivity contribution in [2.75, 3.05) is 0 Å². The van der Waals surface area contributed by atoms with E-state index in [-0.39, 0.29) is 10.9 Å². The minimum atomic E-state index is -4.76. The normalized spacial score (nSPS) is 11.7. The number of aromatic amines is 1. The van der Waals surface area contributed by atoms with E-state index in [9.17, 15) is 26.7 Å². The van der Waals surface area contributed by atoms with Crippen LogP contribution in [0.25, 0.3) is 0 Å². The number of pyridine rings is 1. The van der Waals surface area contributed by atoms with Gasteiger partial charge in [-0.3, -0.25) is 9.78 Å². The average molecular weight is 337 g/mol. The van der Waals surface area contributed by atoms with E-state index < -0.39 is 41.1 Å². The zero-order valence-electron chi connectivity index (χ0n) is 10.7. The summed E-state index contributed by atoms with van der Waals surface area (Å²) in [4.78, 5) is 20.4. The quantitative estimate of drug-likeness (QED) is 0.529. The minimum absolute atomic E-state index is 0.0931. The van der Waals surface area contributed by atoms with Crippen molar-refractivity contribution in [1.29, 1.82) is 0 Å². The van der Waals surface area contributed by atoms with Crippen molar-refractivity contribution in [2.45, 2.75) is 23.8 Å². The van der Waals surface area contributed by atoms with Gasteiger partial charge in [-0.1, -0.05) is 11.8 Å². The van der Waals surface area contributed by atoms with Crippen LogP contribution >= 0.6 is 11.8 Å². The molecule has 0 aromatic carbocycles. The molecule has 0 aliphatic rings. The zero-order chi connectivity index (χ0) is 16.3. The number of rotatable bonds is 4. The molecular weight excluding hydrogens is 329 g/mol. The van der Waals surface area contributed by atoms with E-state index in [2.05, 4.69) is 15.0 Å². The molecule has 0 aliphatic heterocycles. The second-order valence-electron chi connectivity index (χ2n) is 4.11. The summed E-state index contributed by atoms with van der Waals surface area (Å²) in [5.41, 5.74) is -2.61. The van der Waals surface area contributed by atoms with Gasteiger partial charge in [0.1, 0.15) is 12.5 Å². The Hall–Kier alpha value is -1.97. The van der Waals surface area contributed by atoms with Crippen LogP contribution in [0, 0.1) is 5.82 Å². The lowest BCUT2D eigenvalue weighted by Crippen LogP contribution is -2.12. The number of H-pyrrole nitrogens is 1. The molecule has 4 nitrogen and oxygen atoms in total. The Morgan fingerprint density at radius 3 is 2.64 bits per heavy atom. The van der Waals surface area contributed by atoms with E-state index in [0.29, 0.717) is 24.2 Å². The second-order valence-corrected chi connectivity index (χ2v) is 5.07. The van der Waals surface area contributed by atoms with Crippen LogP contribution in [0.5, 0.6) is 0 Å². The summed E-state index contributed by atoms with van der Waals surface area (Å²) in [7, 11) is 0. The van der Waals surface area contributed by atoms with Gasteiger partial charge in [0.05, 0.1) is 17.5 Å². The van der Waals surface area contributed by atoms with Crippen LogP contribution in [0.4, 0.5) is 22.0 Å². The van der Waals surface area contributed by atoms with Crippen LogP contribution in [0.1, 0.15) is 16.8 Å². The van der Waals surface area contributed by atoms with Crippen molar-refractivity contribution in [3.63, 3.8) is 0 Å². The maximum Gasteiger partial charge on any atom is 0.418 e. The Morgan fingerprint density at radius 1 is 1.27 bits per heavy atom. The molecule has 0 radical (unpaired) electrons. The fraction of sp³-hybridized carbons (Fsp3) is 0.250. The molecule has 0 spiro atoms. The van der Waals surface area contributed by atoms with Crippen LogP contribution in [-0.2, 0) is 18.6 Å². The van der Waals surface area contributed by atoms with E-state index >= 15 is 0 Å². The Morgan fingerprint density at radius 2 is 2.00 bits per heavy atom. The first-order chi connectivity index (χ1) is 10.3. The highest BCUT2D eigenvalue weighted by Crippen LogP contribution is 2.34. The lowest BCUT2D eigenvalue weighted by atomic mass is 10.1. The monoisotopic (exact) mass is 337 g/mol. The largest absolute Gasteiger partial charge is 0.418 e. The van der Waals surface area contributed by atoms with Crippen molar-refractivity contribution >= 4 is 11.8 Å². The van der Waals surface area contributed by atoms with Crippen LogP contribution in [0.3, 0.4) is 0 Å². The number of aromatic nitrogens is 3. The standard InChI is InChI=1S/C12H8F5N3OS/c13-2-6-1-10(21)20-11(19-6)22-5-7-8(12(15,16)17)3-18-4-9(7)14/h1,3-4H,2,5H2,(H,19,20,21). The molecule has 2 heterocycles. The third-order valence-corrected chi connectivity index (χ3v) is 3.47. The van der Waals surface area contributed by atoms with Gasteiger partial charge < -0.3 is 4.98 Å². The Balaban J connectivity index is 2.29. The highest BCUT2D eigenvalue weighted by molar-refractivity contribution is 7.98. The summed E-state index contributed by atoms with van der Waals surface area (Å²) in [6, 6.07) is 0.929. The third-order valence-electron chi connectivity index (χ3n) is 2.57. The Kier molecular flexibility index (Phi) is 4.79. The molecule has 0 unspecified atom stereocenters. The molecule has 22 heavy (non-hydrogen) atoms. The second kappa shape index (κ2) is 6.42. The van der Waals surface area contributed by atoms with Crippen molar-refractivity contribution < 1.29 is 22.0 Å². The molecule has 0 bridgehead atoms. The van der Waals surface area contributed by atoms with Crippen molar-refractivity contribution in [1.82, 2.24) is 15.0 Å². The molecule has 0 fully saturated rings. The van der Waals surface area contributed by atoms with Crippen LogP contribution < -0.4 is 5.56 Å². The molecule has 2 aromatic heterocycles. The van der Waals surface area contributed by atoms with E-state index in [1.165, 1.54) is 0 Å². The van der Waals surface area contributed by atoms with Gasteiger partial charge in [-0.05, 0) is 0 Å². The van der Waals surface area contributed by atoms with Gasteiger partial charge >= 0.3 is 6.18 Å². The average Bonchev–Trinajstić information content (AvgIpc) is 2.44. The number of nitrogens with one attached hydrogen (secondary N) is 1. The van der Waals surface area contributed by atoms with E-state index in [1.807, 2.05) is 0 Å². The highest BCUT2D eigenvalue weighted by Gasteiger charge is 2.35. The van der Waals surface area contributed by atoms with Gasteiger partial charge in [0.2, 0.25) is 0 Å². The van der Waals surface area contributed by atoms with Gasteiger partial charge in [0.15, 0.2) is 5.16 Å². The first kappa shape index (κ1) is 16.4. The SMILES string of the molecule is O=c1cc(CF)nc(SCc2c(F)cncc2C(F)(F)F)[nH]1. The molecule has 2 aromatic rings. The summed E-state index contributed by atoms with van der Waals surface area (Å²) < 4.78 is 64.5. The third kappa shape index (κ3) is 3.81. The number of hydrogen-bond acceptors (Lipinski definition) is 4. The van der Waals surface area contributed by atoms with Crippen molar-refractivity contribution in [3.8, 4) is 0 Å². The Bertz CT molecular complexity index is 731. The van der Waals surface area contributed by atoms with Crippen LogP contribution in [0.2, 0.25) is 0 Å². The molecular formula is C12H8F5N3OS. The molecule has 0 amide bonds. The maximum atomic E-state index is 13.6. The van der Waals surface area contributed by atoms with E-state index in [4.69, 9.17) is 0 Å². The summed E-state index contributed by atoms with van der Waals surface area (Å²) in [6.07, 6.45) is -3.57. The lowest BCUT2D eigenvalue weighted by Gasteiger charge is -2.12. The van der Waals surface area contributed by atoms with Gasteiger partial charge in [0.25, 0.3) is 5.56 Å². The maximum absolute atomic E-state index is 13.6. The summed E-state index contributed by atoms with van der Waals surface area (Å²) in [5.74, 6) is -1.56. The first-order valence-corrected chi connectivity index (χ1v) is 6.78. The van der Waals surface area contributed by atoms with E-state index in [1.54, 1.807) is 0 Å². The van der Waals surface area contributed by atoms with Crippen LogP contribution in [0.15, 0.2) is 28.4 Å². The molecule has 0 saturated carbocycles. The fourth-order valence-electron chi connectivity index (χ4n) is 1.61. The number of nitrogens with zero attached hydrogens (tertiary/aromatic N) is 2. The first-order valence-electron chi connectivity index (χ1n) is 5.80. The highest BCUT2D eigenvalue weighted by atomic mass is 32.2. The number of halogens is 5. The molecule has 0 saturated heterocycles. The molecule has 10 heteroatoms. The molecule has 0 aliphatic carbocycles. The van der Waals surface area contributed by atoms with Crippen molar-refractivity contribution in [2.24, 2.45) is 0 Å². The number of alkyl halides is 4. The fourth-order valence-corrected chi connectivity index (χ4v) is 2.54. The topological polar surface area (TPSA) is 58.6 Å². The molecule has 0 atom stereocenters. The number of hydrogen-bond donors (Lipinski definition) is 1. The zero-order valence-corrected chi connectivity index (χ0v) is 11.6. The van der Waals surface area contributed by atoms with E-state index in [0.717, 1.165) is 6.07 Å². The van der Waals surface area contributed by atoms with Gasteiger partial charge in [-0.2, -0.15) is 13.2 Å². The summed E-state index contributed by atoms with van der Waals surface area (Å²) in [5, 5.41) is -0.0931. The number of thioether (sulfide) groups is 1. The predicted molar refractivity (Wildman–Crippen MR) is 68.4 cm³/mol. The molecule has 118 valence electrons. The van der Waals surface area contributed by atoms with Gasteiger partial charge in [0, 0.05) is 23.6 Å². The smallest absolute Gasteiger partial charge is 0.301 e.